The van der Waals surface area contributed by atoms with Crippen LogP contribution >= 0.6 is 35.4 Å². The molecule has 8 heteroatoms. The Bertz CT molecular complexity index is 805. The van der Waals surface area contributed by atoms with Crippen molar-refractivity contribution < 1.29 is 9.59 Å². The lowest BCUT2D eigenvalue weighted by atomic mass is 10.2. The van der Waals surface area contributed by atoms with Gasteiger partial charge in [-0.1, -0.05) is 30.1 Å². The summed E-state index contributed by atoms with van der Waals surface area (Å²) in [6, 6.07) is 11.3. The van der Waals surface area contributed by atoms with Crippen LogP contribution in [0.4, 0.5) is 5.69 Å². The number of amides is 2. The fraction of sp³-hybridized carbons (Fsp3) is 0.167. The first kappa shape index (κ1) is 20.2. The second-order valence-corrected chi connectivity index (χ2v) is 6.68. The molecule has 0 spiro atoms. The lowest BCUT2D eigenvalue weighted by molar-refractivity contribution is 0.0951. The average Bonchev–Trinajstić information content (AvgIpc) is 2.59. The SMILES string of the molecule is CCCNC(=O)c1ccc(NC(=S)NC(=O)c2cc(Cl)cc(Cl)c2)cc1. The predicted octanol–water partition coefficient (Wildman–Crippen LogP) is 4.26. The molecule has 3 N–H and O–H groups in total. The number of halogens is 2. The Kier molecular flexibility index (Phi) is 7.38. The van der Waals surface area contributed by atoms with Crippen molar-refractivity contribution in [3.63, 3.8) is 0 Å². The predicted molar refractivity (Wildman–Crippen MR) is 109 cm³/mol. The van der Waals surface area contributed by atoms with Gasteiger partial charge in [-0.05, 0) is 61.1 Å². The second kappa shape index (κ2) is 9.52. The van der Waals surface area contributed by atoms with Gasteiger partial charge in [0.2, 0.25) is 0 Å². The summed E-state index contributed by atoms with van der Waals surface area (Å²) in [6.07, 6.45) is 0.872. The molecule has 0 aromatic heterocycles. The Labute approximate surface area is 167 Å². The number of rotatable bonds is 5. The quantitative estimate of drug-likeness (QED) is 0.645. The van der Waals surface area contributed by atoms with Crippen molar-refractivity contribution in [2.24, 2.45) is 0 Å². The van der Waals surface area contributed by atoms with Crippen LogP contribution in [0.3, 0.4) is 0 Å². The van der Waals surface area contributed by atoms with E-state index < -0.39 is 5.91 Å². The minimum atomic E-state index is -0.428. The molecule has 0 aliphatic heterocycles. The van der Waals surface area contributed by atoms with Crippen LogP contribution in [0.15, 0.2) is 42.5 Å². The number of carbonyl (C=O) groups excluding carboxylic acids is 2. The summed E-state index contributed by atoms with van der Waals surface area (Å²) in [5.74, 6) is -0.561. The first-order chi connectivity index (χ1) is 12.4. The summed E-state index contributed by atoms with van der Waals surface area (Å²) < 4.78 is 0. The number of nitrogens with one attached hydrogen (secondary N) is 3. The maximum Gasteiger partial charge on any atom is 0.257 e. The van der Waals surface area contributed by atoms with Gasteiger partial charge in [0.25, 0.3) is 11.8 Å². The first-order valence-electron chi connectivity index (χ1n) is 7.85. The number of hydrogen-bond acceptors (Lipinski definition) is 3. The Balaban J connectivity index is 1.95. The van der Waals surface area contributed by atoms with Crippen LogP contribution in [0.5, 0.6) is 0 Å². The molecule has 0 unspecified atom stereocenters. The van der Waals surface area contributed by atoms with E-state index in [1.165, 1.54) is 18.2 Å². The Morgan fingerprint density at radius 2 is 1.58 bits per heavy atom. The van der Waals surface area contributed by atoms with E-state index in [9.17, 15) is 9.59 Å². The highest BCUT2D eigenvalue weighted by Gasteiger charge is 2.10. The highest BCUT2D eigenvalue weighted by atomic mass is 35.5. The number of carbonyl (C=O) groups is 2. The standard InChI is InChI=1S/C18H17Cl2N3O2S/c1-2-7-21-16(24)11-3-5-15(6-4-11)22-18(26)23-17(25)12-8-13(19)10-14(20)9-12/h3-6,8-10H,2,7H2,1H3,(H,21,24)(H2,22,23,25,26). The summed E-state index contributed by atoms with van der Waals surface area (Å²) in [6.45, 7) is 2.61. The Morgan fingerprint density at radius 3 is 2.15 bits per heavy atom. The summed E-state index contributed by atoms with van der Waals surface area (Å²) in [7, 11) is 0. The topological polar surface area (TPSA) is 70.2 Å². The lowest BCUT2D eigenvalue weighted by Crippen LogP contribution is -2.34. The maximum absolute atomic E-state index is 12.2. The van der Waals surface area contributed by atoms with Crippen molar-refractivity contribution in [1.29, 1.82) is 0 Å². The summed E-state index contributed by atoms with van der Waals surface area (Å²) in [5.41, 5.74) is 1.49. The van der Waals surface area contributed by atoms with E-state index in [2.05, 4.69) is 16.0 Å². The monoisotopic (exact) mass is 409 g/mol. The maximum atomic E-state index is 12.2. The first-order valence-corrected chi connectivity index (χ1v) is 9.02. The van der Waals surface area contributed by atoms with Gasteiger partial charge in [-0.15, -0.1) is 0 Å². The van der Waals surface area contributed by atoms with Crippen LogP contribution in [0, 0.1) is 0 Å². The molecular weight excluding hydrogens is 393 g/mol. The zero-order chi connectivity index (χ0) is 19.1. The molecular formula is C18H17Cl2N3O2S. The molecule has 0 heterocycles. The third kappa shape index (κ3) is 5.98. The van der Waals surface area contributed by atoms with E-state index >= 15 is 0 Å². The van der Waals surface area contributed by atoms with Gasteiger partial charge in [-0.2, -0.15) is 0 Å². The number of thiocarbonyl (C=S) groups is 1. The zero-order valence-electron chi connectivity index (χ0n) is 13.9. The molecule has 0 fully saturated rings. The smallest absolute Gasteiger partial charge is 0.257 e. The molecule has 2 amide bonds. The van der Waals surface area contributed by atoms with Gasteiger partial charge in [0.05, 0.1) is 0 Å². The number of hydrogen-bond donors (Lipinski definition) is 3. The van der Waals surface area contributed by atoms with Gasteiger partial charge in [0.15, 0.2) is 5.11 Å². The Hall–Kier alpha value is -2.15. The van der Waals surface area contributed by atoms with Crippen LogP contribution in [0.25, 0.3) is 0 Å². The fourth-order valence-electron chi connectivity index (χ4n) is 2.07. The molecule has 0 aliphatic carbocycles. The van der Waals surface area contributed by atoms with E-state index in [1.807, 2.05) is 6.92 Å². The molecule has 2 aromatic rings. The second-order valence-electron chi connectivity index (χ2n) is 5.40. The Morgan fingerprint density at radius 1 is 0.962 bits per heavy atom. The highest BCUT2D eigenvalue weighted by molar-refractivity contribution is 7.80. The summed E-state index contributed by atoms with van der Waals surface area (Å²) >= 11 is 16.9. The summed E-state index contributed by atoms with van der Waals surface area (Å²) in [5, 5.41) is 9.07. The van der Waals surface area contributed by atoms with Gasteiger partial charge in [-0.25, -0.2) is 0 Å². The van der Waals surface area contributed by atoms with E-state index in [0.29, 0.717) is 33.4 Å². The van der Waals surface area contributed by atoms with Crippen molar-refractivity contribution in [3.05, 3.63) is 63.6 Å². The van der Waals surface area contributed by atoms with Gasteiger partial charge in [-0.3, -0.25) is 14.9 Å². The van der Waals surface area contributed by atoms with Gasteiger partial charge in [0, 0.05) is 33.4 Å². The molecule has 0 bridgehead atoms. The van der Waals surface area contributed by atoms with Gasteiger partial charge < -0.3 is 10.6 Å². The number of benzene rings is 2. The molecule has 136 valence electrons. The third-order valence-electron chi connectivity index (χ3n) is 3.29. The molecule has 0 radical (unpaired) electrons. The van der Waals surface area contributed by atoms with Crippen molar-refractivity contribution in [2.75, 3.05) is 11.9 Å². The summed E-state index contributed by atoms with van der Waals surface area (Å²) in [4.78, 5) is 24.0. The molecule has 26 heavy (non-hydrogen) atoms. The highest BCUT2D eigenvalue weighted by Crippen LogP contribution is 2.19. The normalized spacial score (nSPS) is 10.1. The number of anilines is 1. The largest absolute Gasteiger partial charge is 0.352 e. The molecule has 0 saturated heterocycles. The van der Waals surface area contributed by atoms with E-state index in [-0.39, 0.29) is 11.0 Å². The molecule has 2 rings (SSSR count). The van der Waals surface area contributed by atoms with Crippen molar-refractivity contribution >= 4 is 58.0 Å². The van der Waals surface area contributed by atoms with Gasteiger partial charge in [0.1, 0.15) is 0 Å². The van der Waals surface area contributed by atoms with Crippen LogP contribution in [0.2, 0.25) is 10.0 Å². The molecule has 0 saturated carbocycles. The molecule has 0 aliphatic rings. The van der Waals surface area contributed by atoms with Crippen molar-refractivity contribution in [2.45, 2.75) is 13.3 Å². The zero-order valence-corrected chi connectivity index (χ0v) is 16.3. The minimum Gasteiger partial charge on any atom is -0.352 e. The van der Waals surface area contributed by atoms with Crippen molar-refractivity contribution in [1.82, 2.24) is 10.6 Å². The van der Waals surface area contributed by atoms with Crippen LogP contribution in [0.1, 0.15) is 34.1 Å². The molecule has 2 aromatic carbocycles. The lowest BCUT2D eigenvalue weighted by Gasteiger charge is -2.11. The van der Waals surface area contributed by atoms with Crippen molar-refractivity contribution in [3.8, 4) is 0 Å². The minimum absolute atomic E-state index is 0.120. The van der Waals surface area contributed by atoms with E-state index in [1.54, 1.807) is 24.3 Å². The average molecular weight is 410 g/mol. The van der Waals surface area contributed by atoms with Crippen LogP contribution in [-0.4, -0.2) is 23.5 Å². The van der Waals surface area contributed by atoms with E-state index in [0.717, 1.165) is 6.42 Å². The third-order valence-corrected chi connectivity index (χ3v) is 3.93. The van der Waals surface area contributed by atoms with Crippen LogP contribution < -0.4 is 16.0 Å². The fourth-order valence-corrected chi connectivity index (χ4v) is 2.80. The van der Waals surface area contributed by atoms with Crippen LogP contribution in [-0.2, 0) is 0 Å². The molecule has 5 nitrogen and oxygen atoms in total. The molecule has 0 atom stereocenters. The van der Waals surface area contributed by atoms with E-state index in [4.69, 9.17) is 35.4 Å². The van der Waals surface area contributed by atoms with Gasteiger partial charge >= 0.3 is 0 Å².